The Morgan fingerprint density at radius 1 is 1.17 bits per heavy atom. The van der Waals surface area contributed by atoms with Crippen molar-refractivity contribution in [2.75, 3.05) is 13.2 Å². The molecule has 2 aliphatic heterocycles. The second kappa shape index (κ2) is 5.99. The van der Waals surface area contributed by atoms with Crippen LogP contribution in [0.2, 0.25) is 0 Å². The lowest BCUT2D eigenvalue weighted by molar-refractivity contribution is -0.00553. The predicted molar refractivity (Wildman–Crippen MR) is 90.6 cm³/mol. The molecule has 0 saturated heterocycles. The zero-order valence-corrected chi connectivity index (χ0v) is 13.5. The smallest absolute Gasteiger partial charge is 0.124 e. The fourth-order valence-electron chi connectivity index (χ4n) is 3.85. The fourth-order valence-corrected chi connectivity index (χ4v) is 3.85. The van der Waals surface area contributed by atoms with Crippen molar-refractivity contribution in [1.29, 1.82) is 0 Å². The van der Waals surface area contributed by atoms with Crippen LogP contribution in [0.25, 0.3) is 0 Å². The van der Waals surface area contributed by atoms with E-state index in [1.165, 1.54) is 16.7 Å². The van der Waals surface area contributed by atoms with Crippen LogP contribution in [0.15, 0.2) is 42.5 Å². The molecule has 2 unspecified atom stereocenters. The van der Waals surface area contributed by atoms with Crippen molar-refractivity contribution < 1.29 is 9.84 Å². The Bertz CT molecular complexity index is 713. The molecular weight excluding hydrogens is 286 g/mol. The molecular formula is C20H23NO2. The topological polar surface area (TPSA) is 32.7 Å². The summed E-state index contributed by atoms with van der Waals surface area (Å²) in [6.45, 7) is 4.41. The number of hydrogen-bond donors (Lipinski definition) is 1. The van der Waals surface area contributed by atoms with Crippen LogP contribution < -0.4 is 4.74 Å². The highest BCUT2D eigenvalue weighted by molar-refractivity contribution is 5.42. The van der Waals surface area contributed by atoms with Gasteiger partial charge in [0.15, 0.2) is 0 Å². The normalized spacial score (nSPS) is 23.7. The Labute approximate surface area is 137 Å². The minimum Gasteiger partial charge on any atom is -0.490 e. The van der Waals surface area contributed by atoms with Gasteiger partial charge in [0.05, 0.1) is 6.04 Å². The average Bonchev–Trinajstić information content (AvgIpc) is 2.60. The monoisotopic (exact) mass is 309 g/mol. The maximum atomic E-state index is 10.6. The first-order valence-electron chi connectivity index (χ1n) is 8.51. The van der Waals surface area contributed by atoms with Crippen molar-refractivity contribution in [3.05, 3.63) is 64.7 Å². The van der Waals surface area contributed by atoms with Gasteiger partial charge in [-0.1, -0.05) is 43.3 Å². The van der Waals surface area contributed by atoms with Crippen LogP contribution >= 0.6 is 0 Å². The summed E-state index contributed by atoms with van der Waals surface area (Å²) in [5, 5.41) is 10.6. The number of aryl methyl sites for hydroxylation is 1. The molecule has 0 saturated carbocycles. The van der Waals surface area contributed by atoms with Gasteiger partial charge in [-0.05, 0) is 35.6 Å². The van der Waals surface area contributed by atoms with Crippen molar-refractivity contribution in [3.63, 3.8) is 0 Å². The summed E-state index contributed by atoms with van der Waals surface area (Å²) < 4.78 is 5.75. The molecule has 3 heteroatoms. The summed E-state index contributed by atoms with van der Waals surface area (Å²) in [5.41, 5.74) is 5.25. The first kappa shape index (κ1) is 14.7. The molecule has 1 N–H and O–H groups in total. The van der Waals surface area contributed by atoms with Gasteiger partial charge >= 0.3 is 0 Å². The van der Waals surface area contributed by atoms with E-state index < -0.39 is 6.10 Å². The second-order valence-electron chi connectivity index (χ2n) is 6.54. The van der Waals surface area contributed by atoms with Crippen LogP contribution in [0.5, 0.6) is 5.75 Å². The molecule has 2 heterocycles. The number of benzene rings is 2. The lowest BCUT2D eigenvalue weighted by atomic mass is 9.91. The van der Waals surface area contributed by atoms with Gasteiger partial charge in [0.25, 0.3) is 0 Å². The minimum absolute atomic E-state index is 0.0265. The third-order valence-electron chi connectivity index (χ3n) is 5.13. The molecule has 0 radical (unpaired) electrons. The molecule has 0 fully saturated rings. The van der Waals surface area contributed by atoms with Gasteiger partial charge < -0.3 is 9.84 Å². The molecule has 2 aliphatic rings. The number of aliphatic hydroxyl groups is 1. The largest absolute Gasteiger partial charge is 0.490 e. The summed E-state index contributed by atoms with van der Waals surface area (Å²) in [4.78, 5) is 2.41. The highest BCUT2D eigenvalue weighted by Crippen LogP contribution is 2.39. The van der Waals surface area contributed by atoms with Crippen LogP contribution in [0.4, 0.5) is 0 Å². The SMILES string of the molecule is CCc1ccc2c(c1)C(N1CCc3ccccc3C1)C(O)CO2. The number of rotatable bonds is 2. The highest BCUT2D eigenvalue weighted by Gasteiger charge is 2.35. The van der Waals surface area contributed by atoms with E-state index in [0.717, 1.165) is 37.2 Å². The summed E-state index contributed by atoms with van der Waals surface area (Å²) in [6, 6.07) is 15.1. The van der Waals surface area contributed by atoms with Gasteiger partial charge in [0.1, 0.15) is 18.5 Å². The van der Waals surface area contributed by atoms with Gasteiger partial charge in [0.2, 0.25) is 0 Å². The van der Waals surface area contributed by atoms with Crippen LogP contribution in [-0.4, -0.2) is 29.3 Å². The van der Waals surface area contributed by atoms with Gasteiger partial charge in [-0.2, -0.15) is 0 Å². The van der Waals surface area contributed by atoms with E-state index in [2.05, 4.69) is 54.3 Å². The van der Waals surface area contributed by atoms with E-state index in [1.807, 2.05) is 0 Å². The molecule has 2 aromatic rings. The standard InChI is InChI=1S/C20H23NO2/c1-2-14-7-8-19-17(11-14)20(18(22)13-23-19)21-10-9-15-5-3-4-6-16(15)12-21/h3-8,11,18,20,22H,2,9-10,12-13H2,1H3. The summed E-state index contributed by atoms with van der Waals surface area (Å²) in [6.07, 6.45) is 1.57. The first-order chi connectivity index (χ1) is 11.3. The average molecular weight is 309 g/mol. The molecule has 0 amide bonds. The second-order valence-corrected chi connectivity index (χ2v) is 6.54. The van der Waals surface area contributed by atoms with Crippen molar-refractivity contribution in [1.82, 2.24) is 4.90 Å². The van der Waals surface area contributed by atoms with Crippen LogP contribution in [0.3, 0.4) is 0 Å². The first-order valence-corrected chi connectivity index (χ1v) is 8.51. The molecule has 0 bridgehead atoms. The van der Waals surface area contributed by atoms with Crippen molar-refractivity contribution in [2.45, 2.75) is 38.5 Å². The van der Waals surface area contributed by atoms with E-state index in [1.54, 1.807) is 0 Å². The van der Waals surface area contributed by atoms with Gasteiger partial charge in [-0.25, -0.2) is 0 Å². The Morgan fingerprint density at radius 3 is 2.83 bits per heavy atom. The van der Waals surface area contributed by atoms with Crippen LogP contribution in [-0.2, 0) is 19.4 Å². The summed E-state index contributed by atoms with van der Waals surface area (Å²) in [7, 11) is 0. The zero-order chi connectivity index (χ0) is 15.8. The third kappa shape index (κ3) is 2.64. The molecule has 0 aliphatic carbocycles. The maximum Gasteiger partial charge on any atom is 0.124 e. The number of hydrogen-bond acceptors (Lipinski definition) is 3. The Kier molecular flexibility index (Phi) is 3.83. The number of fused-ring (bicyclic) bond motifs is 2. The van der Waals surface area contributed by atoms with E-state index in [9.17, 15) is 5.11 Å². The van der Waals surface area contributed by atoms with E-state index in [4.69, 9.17) is 4.74 Å². The lowest BCUT2D eigenvalue weighted by Crippen LogP contribution is -2.44. The molecule has 4 rings (SSSR count). The quantitative estimate of drug-likeness (QED) is 0.925. The zero-order valence-electron chi connectivity index (χ0n) is 13.5. The fraction of sp³-hybridized carbons (Fsp3) is 0.400. The van der Waals surface area contributed by atoms with Gasteiger partial charge in [-0.3, -0.25) is 4.90 Å². The maximum absolute atomic E-state index is 10.6. The van der Waals surface area contributed by atoms with Crippen LogP contribution in [0, 0.1) is 0 Å². The van der Waals surface area contributed by atoms with Crippen molar-refractivity contribution in [3.8, 4) is 5.75 Å². The van der Waals surface area contributed by atoms with Crippen molar-refractivity contribution >= 4 is 0 Å². The Hall–Kier alpha value is -1.84. The minimum atomic E-state index is -0.472. The molecule has 23 heavy (non-hydrogen) atoms. The molecule has 0 aromatic heterocycles. The molecule has 120 valence electrons. The third-order valence-corrected chi connectivity index (χ3v) is 5.13. The predicted octanol–water partition coefficient (Wildman–Crippen LogP) is 3.10. The number of nitrogens with zero attached hydrogens (tertiary/aromatic N) is 1. The molecule has 2 aromatic carbocycles. The van der Waals surface area contributed by atoms with Gasteiger partial charge in [-0.15, -0.1) is 0 Å². The van der Waals surface area contributed by atoms with E-state index >= 15 is 0 Å². The molecule has 0 spiro atoms. The number of aliphatic hydroxyl groups excluding tert-OH is 1. The van der Waals surface area contributed by atoms with Gasteiger partial charge in [0, 0.05) is 18.7 Å². The Morgan fingerprint density at radius 2 is 2.00 bits per heavy atom. The van der Waals surface area contributed by atoms with Crippen LogP contribution in [0.1, 0.15) is 35.2 Å². The summed E-state index contributed by atoms with van der Waals surface area (Å²) >= 11 is 0. The molecule has 2 atom stereocenters. The highest BCUT2D eigenvalue weighted by atomic mass is 16.5. The van der Waals surface area contributed by atoms with Crippen molar-refractivity contribution in [2.24, 2.45) is 0 Å². The summed E-state index contributed by atoms with van der Waals surface area (Å²) in [5.74, 6) is 0.927. The van der Waals surface area contributed by atoms with E-state index in [-0.39, 0.29) is 6.04 Å². The lowest BCUT2D eigenvalue weighted by Gasteiger charge is -2.41. The number of ether oxygens (including phenoxy) is 1. The molecule has 3 nitrogen and oxygen atoms in total. The van der Waals surface area contributed by atoms with E-state index in [0.29, 0.717) is 6.61 Å². The Balaban J connectivity index is 1.69.